The first-order chi connectivity index (χ1) is 14.3. The fraction of sp³-hybridized carbons (Fsp3) is 0.545. The molecule has 0 aromatic carbocycles. The number of aliphatic hydroxyl groups is 1. The highest BCUT2D eigenvalue weighted by Gasteiger charge is 2.38. The summed E-state index contributed by atoms with van der Waals surface area (Å²) in [6.45, 7) is 3.78. The Morgan fingerprint density at radius 2 is 2.07 bits per heavy atom. The molecule has 4 unspecified atom stereocenters. The molecule has 30 heavy (non-hydrogen) atoms. The normalized spacial score (nSPS) is 27.0. The van der Waals surface area contributed by atoms with E-state index >= 15 is 4.39 Å². The van der Waals surface area contributed by atoms with Crippen molar-refractivity contribution in [3.05, 3.63) is 52.8 Å². The summed E-state index contributed by atoms with van der Waals surface area (Å²) in [5.74, 6) is -1.04. The van der Waals surface area contributed by atoms with Crippen LogP contribution in [0.4, 0.5) is 4.39 Å². The standard InChI is InChI=1S/C22H26FN3O3S/c1-9-16(15-8-13-12(10(2)24)4-3-5-14(13)30-15)18(23)20(27)17-19(9)26(11-6-7-11)22(29)25-21(17)28/h8,10-12,16,18,27H,3-7,24H2,1-2H3,(H,25,28,29). The lowest BCUT2D eigenvalue weighted by molar-refractivity contribution is 0.306. The molecule has 0 bridgehead atoms. The van der Waals surface area contributed by atoms with Gasteiger partial charge in [-0.05, 0) is 69.1 Å². The van der Waals surface area contributed by atoms with E-state index < -0.39 is 29.1 Å². The Morgan fingerprint density at radius 1 is 1.33 bits per heavy atom. The predicted molar refractivity (Wildman–Crippen MR) is 115 cm³/mol. The molecule has 2 heterocycles. The van der Waals surface area contributed by atoms with Gasteiger partial charge in [0.2, 0.25) is 0 Å². The predicted octanol–water partition coefficient (Wildman–Crippen LogP) is 1.67. The molecule has 3 aliphatic carbocycles. The Morgan fingerprint density at radius 3 is 2.73 bits per heavy atom. The third-order valence-corrected chi connectivity index (χ3v) is 8.12. The maximum absolute atomic E-state index is 15.5. The van der Waals surface area contributed by atoms with Crippen LogP contribution in [0, 0.1) is 0 Å². The Bertz CT molecular complexity index is 1270. The first-order valence-corrected chi connectivity index (χ1v) is 11.4. The maximum atomic E-state index is 15.5. The number of rotatable bonds is 3. The van der Waals surface area contributed by atoms with Crippen LogP contribution in [0.1, 0.15) is 72.7 Å². The van der Waals surface area contributed by atoms with E-state index in [1.54, 1.807) is 22.8 Å². The first-order valence-electron chi connectivity index (χ1n) is 10.6. The van der Waals surface area contributed by atoms with Crippen molar-refractivity contribution >= 4 is 22.7 Å². The number of hydrogen-bond donors (Lipinski definition) is 3. The van der Waals surface area contributed by atoms with Crippen molar-refractivity contribution in [2.75, 3.05) is 0 Å². The summed E-state index contributed by atoms with van der Waals surface area (Å²) >= 11 is 1.57. The van der Waals surface area contributed by atoms with Crippen LogP contribution in [-0.2, 0) is 6.42 Å². The second-order valence-corrected chi connectivity index (χ2v) is 10.1. The number of thiophene rings is 1. The van der Waals surface area contributed by atoms with Gasteiger partial charge in [0.05, 0.1) is 11.3 Å². The van der Waals surface area contributed by atoms with Crippen LogP contribution in [0.3, 0.4) is 0 Å². The molecule has 4 atom stereocenters. The summed E-state index contributed by atoms with van der Waals surface area (Å²) in [7, 11) is 0. The van der Waals surface area contributed by atoms with Gasteiger partial charge in [-0.3, -0.25) is 14.3 Å². The van der Waals surface area contributed by atoms with Gasteiger partial charge in [-0.1, -0.05) is 0 Å². The van der Waals surface area contributed by atoms with E-state index in [1.165, 1.54) is 10.4 Å². The number of nitrogens with zero attached hydrogens (tertiary/aromatic N) is 1. The summed E-state index contributed by atoms with van der Waals surface area (Å²) in [5.41, 5.74) is 6.80. The van der Waals surface area contributed by atoms with Gasteiger partial charge in [0.25, 0.3) is 5.56 Å². The highest BCUT2D eigenvalue weighted by atomic mass is 32.1. The third kappa shape index (κ3) is 2.84. The van der Waals surface area contributed by atoms with Gasteiger partial charge in [-0.15, -0.1) is 11.3 Å². The summed E-state index contributed by atoms with van der Waals surface area (Å²) < 4.78 is 17.1. The van der Waals surface area contributed by atoms with Gasteiger partial charge in [0, 0.05) is 21.8 Å². The molecule has 5 rings (SSSR count). The molecule has 1 saturated carbocycles. The lowest BCUT2D eigenvalue weighted by Gasteiger charge is -2.26. The van der Waals surface area contributed by atoms with Gasteiger partial charge in [0.1, 0.15) is 11.0 Å². The number of aromatic nitrogens is 2. The van der Waals surface area contributed by atoms with Gasteiger partial charge >= 0.3 is 5.69 Å². The summed E-state index contributed by atoms with van der Waals surface area (Å²) in [6.07, 6.45) is 2.97. The fourth-order valence-electron chi connectivity index (χ4n) is 5.19. The molecular formula is C22H26FN3O3S. The van der Waals surface area contributed by atoms with Gasteiger partial charge < -0.3 is 10.8 Å². The number of nitrogens with one attached hydrogen (secondary N) is 1. The van der Waals surface area contributed by atoms with E-state index in [2.05, 4.69) is 4.98 Å². The molecule has 0 amide bonds. The number of fused-ring (bicyclic) bond motifs is 2. The quantitative estimate of drug-likeness (QED) is 0.688. The smallest absolute Gasteiger partial charge is 0.329 e. The van der Waals surface area contributed by atoms with Crippen molar-refractivity contribution < 1.29 is 9.50 Å². The van der Waals surface area contributed by atoms with Crippen LogP contribution >= 0.6 is 11.3 Å². The zero-order chi connectivity index (χ0) is 21.3. The van der Waals surface area contributed by atoms with Crippen molar-refractivity contribution in [2.24, 2.45) is 5.73 Å². The molecular weight excluding hydrogens is 405 g/mol. The molecule has 4 N–H and O–H groups in total. The highest BCUT2D eigenvalue weighted by Crippen LogP contribution is 2.45. The summed E-state index contributed by atoms with van der Waals surface area (Å²) in [6, 6.07) is 2.05. The molecule has 1 fully saturated rings. The minimum atomic E-state index is -1.72. The minimum Gasteiger partial charge on any atom is -0.508 e. The van der Waals surface area contributed by atoms with Gasteiger partial charge in [0.15, 0.2) is 6.17 Å². The number of nitrogens with two attached hydrogens (primary N) is 1. The lowest BCUT2D eigenvalue weighted by atomic mass is 9.82. The number of halogens is 1. The topological polar surface area (TPSA) is 101 Å². The number of alkyl halides is 1. The average molecular weight is 432 g/mol. The van der Waals surface area contributed by atoms with Crippen LogP contribution in [0.15, 0.2) is 15.7 Å². The molecule has 6 nitrogen and oxygen atoms in total. The summed E-state index contributed by atoms with van der Waals surface area (Å²) in [4.78, 5) is 29.3. The van der Waals surface area contributed by atoms with Crippen LogP contribution in [0.25, 0.3) is 11.3 Å². The minimum absolute atomic E-state index is 0.0123. The van der Waals surface area contributed by atoms with Crippen LogP contribution in [-0.4, -0.2) is 26.9 Å². The zero-order valence-electron chi connectivity index (χ0n) is 17.1. The Balaban J connectivity index is 1.76. The van der Waals surface area contributed by atoms with Crippen LogP contribution in [0.5, 0.6) is 0 Å². The van der Waals surface area contributed by atoms with Crippen molar-refractivity contribution in [1.29, 1.82) is 0 Å². The van der Waals surface area contributed by atoms with Crippen molar-refractivity contribution in [1.82, 2.24) is 9.55 Å². The van der Waals surface area contributed by atoms with Crippen molar-refractivity contribution in [3.63, 3.8) is 0 Å². The SMILES string of the molecule is CC1=c2c(c(=O)[nH]c(=O)n2C2CC2)=C(O)C(F)C1c1cc2c(s1)CCCC2C(C)N. The van der Waals surface area contributed by atoms with Crippen LogP contribution < -0.4 is 27.6 Å². The van der Waals surface area contributed by atoms with E-state index in [1.807, 2.05) is 13.0 Å². The average Bonchev–Trinajstić information content (AvgIpc) is 3.43. The number of H-pyrrole nitrogens is 1. The maximum Gasteiger partial charge on any atom is 0.329 e. The van der Waals surface area contributed by atoms with Gasteiger partial charge in [-0.2, -0.15) is 0 Å². The molecule has 2 aromatic rings. The van der Waals surface area contributed by atoms with Crippen LogP contribution in [0.2, 0.25) is 0 Å². The Hall–Kier alpha value is -2.19. The largest absolute Gasteiger partial charge is 0.508 e. The molecule has 160 valence electrons. The van der Waals surface area contributed by atoms with E-state index in [-0.39, 0.29) is 23.2 Å². The van der Waals surface area contributed by atoms with Gasteiger partial charge in [-0.25, -0.2) is 9.18 Å². The second kappa shape index (κ2) is 6.92. The van der Waals surface area contributed by atoms with E-state index in [9.17, 15) is 14.7 Å². The molecule has 0 saturated heterocycles. The molecule has 3 aliphatic rings. The third-order valence-electron chi connectivity index (χ3n) is 6.83. The first kappa shape index (κ1) is 19.8. The van der Waals surface area contributed by atoms with E-state index in [4.69, 9.17) is 5.73 Å². The molecule has 2 aromatic heterocycles. The second-order valence-electron chi connectivity index (χ2n) is 8.92. The van der Waals surface area contributed by atoms with Crippen molar-refractivity contribution in [3.8, 4) is 0 Å². The number of aliphatic hydroxyl groups excluding tert-OH is 1. The molecule has 8 heteroatoms. The lowest BCUT2D eigenvalue weighted by Crippen LogP contribution is -2.58. The Labute approximate surface area is 176 Å². The number of aromatic amines is 1. The highest BCUT2D eigenvalue weighted by molar-refractivity contribution is 7.12. The molecule has 0 radical (unpaired) electrons. The summed E-state index contributed by atoms with van der Waals surface area (Å²) in [5, 5.41) is 11.0. The molecule has 0 aliphatic heterocycles. The van der Waals surface area contributed by atoms with E-state index in [0.29, 0.717) is 10.9 Å². The number of aryl methyl sites for hydroxylation is 1. The zero-order valence-corrected chi connectivity index (χ0v) is 17.9. The monoisotopic (exact) mass is 431 g/mol. The molecule has 0 spiro atoms. The Kier molecular flexibility index (Phi) is 4.56. The fourth-order valence-corrected chi connectivity index (χ4v) is 6.65. The van der Waals surface area contributed by atoms with Crippen molar-refractivity contribution in [2.45, 2.75) is 76.0 Å². The number of hydrogen-bond acceptors (Lipinski definition) is 5. The van der Waals surface area contributed by atoms with E-state index in [0.717, 1.165) is 37.0 Å².